The molecule has 6 nitrogen and oxygen atoms in total. The second-order valence-corrected chi connectivity index (χ2v) is 6.28. The van der Waals surface area contributed by atoms with Crippen molar-refractivity contribution >= 4 is 10.4 Å². The summed E-state index contributed by atoms with van der Waals surface area (Å²) in [6, 6.07) is 0. The molecule has 0 saturated carbocycles. The molecule has 1 atom stereocenters. The smallest absolute Gasteiger partial charge is 0.759 e. The van der Waals surface area contributed by atoms with Gasteiger partial charge in [-0.2, -0.15) is 0 Å². The van der Waals surface area contributed by atoms with E-state index in [-0.39, 0.29) is 65.2 Å². The van der Waals surface area contributed by atoms with Crippen LogP contribution in [0.15, 0.2) is 0 Å². The Morgan fingerprint density at radius 1 is 0.783 bits per heavy atom. The van der Waals surface area contributed by atoms with E-state index in [0.717, 1.165) is 19.4 Å². The standard InChI is InChI=1S/C14H28O2.2Na.H2O4S/c1-14-12-10-8-6-4-2-3-5-7-9-11-13-15-16-14;;;1-5(2,3)4/h14H,2-13H2,1H3;;;(H2,1,2,3,4)/q;2*+1;/p-2. The van der Waals surface area contributed by atoms with Gasteiger partial charge in [-0.1, -0.05) is 57.8 Å². The average Bonchev–Trinajstić information content (AvgIpc) is 2.37. The van der Waals surface area contributed by atoms with Gasteiger partial charge in [0.05, 0.1) is 12.7 Å². The van der Waals surface area contributed by atoms with E-state index >= 15 is 0 Å². The zero-order valence-electron chi connectivity index (χ0n) is 14.9. The van der Waals surface area contributed by atoms with Crippen molar-refractivity contribution < 1.29 is 86.4 Å². The molecule has 1 rings (SSSR count). The summed E-state index contributed by atoms with van der Waals surface area (Å²) in [6.45, 7) is 2.88. The maximum Gasteiger partial charge on any atom is 1.00 e. The summed E-state index contributed by atoms with van der Waals surface area (Å²) in [6.07, 6.45) is 14.9. The summed E-state index contributed by atoms with van der Waals surface area (Å²) in [4.78, 5) is 10.5. The molecule has 128 valence electrons. The third kappa shape index (κ3) is 32.0. The molecule has 1 unspecified atom stereocenters. The Balaban J connectivity index is -0.000000502. The zero-order valence-corrected chi connectivity index (χ0v) is 19.7. The van der Waals surface area contributed by atoms with Crippen molar-refractivity contribution in [2.45, 2.75) is 83.7 Å². The van der Waals surface area contributed by atoms with Crippen molar-refractivity contribution in [3.63, 3.8) is 0 Å². The predicted octanol–water partition coefficient (Wildman–Crippen LogP) is -2.70. The first kappa shape index (κ1) is 29.5. The normalized spacial score (nSPS) is 22.0. The van der Waals surface area contributed by atoms with Crippen LogP contribution >= 0.6 is 0 Å². The molecule has 23 heavy (non-hydrogen) atoms. The van der Waals surface area contributed by atoms with Gasteiger partial charge in [0.25, 0.3) is 0 Å². The van der Waals surface area contributed by atoms with Gasteiger partial charge >= 0.3 is 59.1 Å². The Morgan fingerprint density at radius 2 is 1.13 bits per heavy atom. The zero-order chi connectivity index (χ0) is 16.0. The minimum Gasteiger partial charge on any atom is -0.759 e. The molecule has 1 heterocycles. The molecule has 1 aliphatic heterocycles. The SMILES string of the molecule is CC1CCCCCCCCCCCCOO1.O=S(=O)([O-])[O-].[Na+].[Na+]. The third-order valence-electron chi connectivity index (χ3n) is 3.32. The molecule has 0 aromatic carbocycles. The summed E-state index contributed by atoms with van der Waals surface area (Å²) in [5.41, 5.74) is 0. The van der Waals surface area contributed by atoms with Gasteiger partial charge in [-0.15, -0.1) is 0 Å². The molecule has 0 radical (unpaired) electrons. The molecule has 0 aromatic heterocycles. The fraction of sp³-hybridized carbons (Fsp3) is 1.00. The van der Waals surface area contributed by atoms with Crippen LogP contribution in [-0.4, -0.2) is 30.2 Å². The van der Waals surface area contributed by atoms with Gasteiger partial charge in [-0.25, -0.2) is 9.78 Å². The largest absolute Gasteiger partial charge is 1.00 e. The van der Waals surface area contributed by atoms with Gasteiger partial charge in [-0.3, -0.25) is 8.42 Å². The molecule has 0 bridgehead atoms. The second-order valence-electron chi connectivity index (χ2n) is 5.46. The van der Waals surface area contributed by atoms with Crippen molar-refractivity contribution in [3.05, 3.63) is 0 Å². The molecule has 0 aliphatic carbocycles. The summed E-state index contributed by atoms with van der Waals surface area (Å²) >= 11 is 0. The molecular weight excluding hydrogens is 342 g/mol. The topological polar surface area (TPSA) is 98.7 Å². The first-order chi connectivity index (χ1) is 9.89. The first-order valence-corrected chi connectivity index (χ1v) is 9.18. The van der Waals surface area contributed by atoms with Crippen LogP contribution < -0.4 is 59.1 Å². The van der Waals surface area contributed by atoms with Crippen molar-refractivity contribution in [2.24, 2.45) is 0 Å². The van der Waals surface area contributed by atoms with E-state index in [4.69, 9.17) is 27.3 Å². The maximum absolute atomic E-state index is 8.52. The molecule has 1 saturated heterocycles. The monoisotopic (exact) mass is 370 g/mol. The van der Waals surface area contributed by atoms with Gasteiger partial charge in [0.1, 0.15) is 0 Å². The van der Waals surface area contributed by atoms with E-state index in [1.807, 2.05) is 0 Å². The second kappa shape index (κ2) is 20.1. The van der Waals surface area contributed by atoms with E-state index < -0.39 is 10.4 Å². The van der Waals surface area contributed by atoms with Crippen molar-refractivity contribution in [3.8, 4) is 0 Å². The number of hydrogen-bond acceptors (Lipinski definition) is 6. The Hall–Kier alpha value is 1.79. The summed E-state index contributed by atoms with van der Waals surface area (Å²) in [7, 11) is -5.17. The van der Waals surface area contributed by atoms with E-state index in [0.29, 0.717) is 0 Å². The first-order valence-electron chi connectivity index (χ1n) is 7.84. The summed E-state index contributed by atoms with van der Waals surface area (Å²) < 4.78 is 34.1. The van der Waals surface area contributed by atoms with Gasteiger partial charge in [0.2, 0.25) is 0 Å². The fourth-order valence-corrected chi connectivity index (χ4v) is 2.22. The van der Waals surface area contributed by atoms with Crippen LogP contribution in [0.2, 0.25) is 0 Å². The summed E-state index contributed by atoms with van der Waals surface area (Å²) in [5.74, 6) is 0. The Kier molecular flexibility index (Phi) is 25.8. The quantitative estimate of drug-likeness (QED) is 0.199. The molecule has 0 amide bonds. The third-order valence-corrected chi connectivity index (χ3v) is 3.32. The van der Waals surface area contributed by atoms with Crippen LogP contribution in [0.5, 0.6) is 0 Å². The van der Waals surface area contributed by atoms with E-state index in [1.54, 1.807) is 0 Å². The van der Waals surface area contributed by atoms with Crippen LogP contribution in [0.1, 0.15) is 77.6 Å². The van der Waals surface area contributed by atoms with Gasteiger partial charge < -0.3 is 9.11 Å². The van der Waals surface area contributed by atoms with Crippen LogP contribution in [0.25, 0.3) is 0 Å². The van der Waals surface area contributed by atoms with E-state index in [2.05, 4.69) is 6.92 Å². The number of hydrogen-bond donors (Lipinski definition) is 0. The minimum atomic E-state index is -5.17. The molecule has 0 spiro atoms. The van der Waals surface area contributed by atoms with E-state index in [9.17, 15) is 0 Å². The van der Waals surface area contributed by atoms with Gasteiger partial charge in [0, 0.05) is 10.4 Å². The maximum atomic E-state index is 8.52. The van der Waals surface area contributed by atoms with Gasteiger partial charge in [0.15, 0.2) is 0 Å². The Labute approximate surface area is 185 Å². The predicted molar refractivity (Wildman–Crippen MR) is 77.8 cm³/mol. The van der Waals surface area contributed by atoms with Crippen LogP contribution in [0, 0.1) is 0 Å². The van der Waals surface area contributed by atoms with Crippen molar-refractivity contribution in [1.29, 1.82) is 0 Å². The van der Waals surface area contributed by atoms with Crippen LogP contribution in [0.4, 0.5) is 0 Å². The molecular formula is C14H28Na2O6S. The average molecular weight is 370 g/mol. The van der Waals surface area contributed by atoms with E-state index in [1.165, 1.54) is 57.8 Å². The van der Waals surface area contributed by atoms with Crippen LogP contribution in [0.3, 0.4) is 0 Å². The van der Waals surface area contributed by atoms with Crippen molar-refractivity contribution in [2.75, 3.05) is 6.61 Å². The molecule has 0 N–H and O–H groups in total. The Bertz CT molecular complexity index is 303. The molecule has 9 heteroatoms. The number of rotatable bonds is 0. The molecule has 1 aliphatic rings. The Morgan fingerprint density at radius 3 is 1.57 bits per heavy atom. The summed E-state index contributed by atoms with van der Waals surface area (Å²) in [5, 5.41) is 0. The minimum absolute atomic E-state index is 0. The molecule has 0 aromatic rings. The molecule has 1 fully saturated rings. The van der Waals surface area contributed by atoms with Crippen LogP contribution in [-0.2, 0) is 20.2 Å². The fourth-order valence-electron chi connectivity index (χ4n) is 2.22. The van der Waals surface area contributed by atoms with Gasteiger partial charge in [-0.05, 0) is 19.8 Å². The van der Waals surface area contributed by atoms with Crippen molar-refractivity contribution in [1.82, 2.24) is 0 Å².